The number of nitrogens with zero attached hydrogens (tertiary/aromatic N) is 2. The van der Waals surface area contributed by atoms with Crippen LogP contribution in [0.3, 0.4) is 0 Å². The van der Waals surface area contributed by atoms with Crippen LogP contribution in [0.5, 0.6) is 5.75 Å². The van der Waals surface area contributed by atoms with Crippen LogP contribution in [-0.2, 0) is 26.3 Å². The summed E-state index contributed by atoms with van der Waals surface area (Å²) in [6, 6.07) is 6.46. The summed E-state index contributed by atoms with van der Waals surface area (Å²) >= 11 is 0. The van der Waals surface area contributed by atoms with Gasteiger partial charge in [-0.15, -0.1) is 0 Å². The topological polar surface area (TPSA) is 27.1 Å². The van der Waals surface area contributed by atoms with Crippen molar-refractivity contribution in [1.82, 2.24) is 9.55 Å². The number of imidazole rings is 1. The SMILES string of the molecule is C\C=C/C=C(\C=C/C)c1nc(C)c(CCOc2ccc(CC)c(CC)c2)n1C. The molecular formula is C25H34N2O. The average molecular weight is 379 g/mol. The van der Waals surface area contributed by atoms with Crippen molar-refractivity contribution in [3.63, 3.8) is 0 Å². The van der Waals surface area contributed by atoms with Crippen molar-refractivity contribution in [2.75, 3.05) is 6.61 Å². The normalized spacial score (nSPS) is 12.4. The molecule has 0 fully saturated rings. The van der Waals surface area contributed by atoms with Crippen LogP contribution in [0.15, 0.2) is 48.6 Å². The number of aryl methyl sites for hydroxylation is 3. The summed E-state index contributed by atoms with van der Waals surface area (Å²) in [6.07, 6.45) is 13.3. The molecule has 0 saturated carbocycles. The number of hydrogen-bond donors (Lipinski definition) is 0. The molecule has 1 heterocycles. The number of rotatable bonds is 9. The second-order valence-electron chi connectivity index (χ2n) is 6.91. The average Bonchev–Trinajstić information content (AvgIpc) is 2.99. The molecule has 0 saturated heterocycles. The molecule has 0 aliphatic rings. The van der Waals surface area contributed by atoms with Crippen molar-refractivity contribution >= 4 is 5.57 Å². The van der Waals surface area contributed by atoms with Gasteiger partial charge in [0.1, 0.15) is 11.6 Å². The van der Waals surface area contributed by atoms with Crippen molar-refractivity contribution in [3.8, 4) is 5.75 Å². The standard InChI is InChI=1S/C25H34N2O/c1-7-11-13-22(12-8-2)25-26-19(5)24(27(25)6)16-17-28-23-15-14-20(9-3)21(10-4)18-23/h7-8,11-15,18H,9-10,16-17H2,1-6H3/b11-7-,12-8-,22-13+. The van der Waals surface area contributed by atoms with Crippen LogP contribution in [0.1, 0.15) is 56.0 Å². The van der Waals surface area contributed by atoms with Gasteiger partial charge >= 0.3 is 0 Å². The fourth-order valence-corrected chi connectivity index (χ4v) is 3.49. The minimum absolute atomic E-state index is 0.645. The smallest absolute Gasteiger partial charge is 0.140 e. The number of aromatic nitrogens is 2. The van der Waals surface area contributed by atoms with E-state index in [-0.39, 0.29) is 0 Å². The zero-order valence-electron chi connectivity index (χ0n) is 18.2. The van der Waals surface area contributed by atoms with Gasteiger partial charge in [-0.3, -0.25) is 0 Å². The van der Waals surface area contributed by atoms with Crippen molar-refractivity contribution in [3.05, 3.63) is 76.9 Å². The Labute approximate surface area is 170 Å². The number of ether oxygens (including phenoxy) is 1. The summed E-state index contributed by atoms with van der Waals surface area (Å²) in [4.78, 5) is 4.81. The van der Waals surface area contributed by atoms with Gasteiger partial charge in [0.15, 0.2) is 0 Å². The van der Waals surface area contributed by atoms with Crippen LogP contribution in [-0.4, -0.2) is 16.2 Å². The Balaban J connectivity index is 2.14. The maximum atomic E-state index is 6.06. The van der Waals surface area contributed by atoms with E-state index < -0.39 is 0 Å². The molecular weight excluding hydrogens is 344 g/mol. The predicted octanol–water partition coefficient (Wildman–Crippen LogP) is 6.01. The number of allylic oxidation sites excluding steroid dienone is 6. The lowest BCUT2D eigenvalue weighted by atomic mass is 10.0. The highest BCUT2D eigenvalue weighted by Gasteiger charge is 2.13. The van der Waals surface area contributed by atoms with Gasteiger partial charge in [-0.05, 0) is 56.9 Å². The van der Waals surface area contributed by atoms with Crippen LogP contribution in [0.4, 0.5) is 0 Å². The minimum Gasteiger partial charge on any atom is -0.493 e. The van der Waals surface area contributed by atoms with Gasteiger partial charge < -0.3 is 9.30 Å². The fourth-order valence-electron chi connectivity index (χ4n) is 3.49. The van der Waals surface area contributed by atoms with Gasteiger partial charge in [0, 0.05) is 24.7 Å². The van der Waals surface area contributed by atoms with E-state index in [0.29, 0.717) is 6.61 Å². The first-order chi connectivity index (χ1) is 13.5. The molecule has 0 amide bonds. The third kappa shape index (κ3) is 5.25. The first-order valence-corrected chi connectivity index (χ1v) is 10.3. The van der Waals surface area contributed by atoms with Gasteiger partial charge in [-0.25, -0.2) is 4.98 Å². The molecule has 0 radical (unpaired) electrons. The third-order valence-corrected chi connectivity index (χ3v) is 5.03. The highest BCUT2D eigenvalue weighted by molar-refractivity contribution is 5.71. The molecule has 2 rings (SSSR count). The maximum Gasteiger partial charge on any atom is 0.140 e. The first kappa shape index (κ1) is 21.7. The predicted molar refractivity (Wildman–Crippen MR) is 120 cm³/mol. The minimum atomic E-state index is 0.645. The Morgan fingerprint density at radius 3 is 2.50 bits per heavy atom. The largest absolute Gasteiger partial charge is 0.493 e. The van der Waals surface area contributed by atoms with Crippen molar-refractivity contribution < 1.29 is 4.74 Å². The van der Waals surface area contributed by atoms with E-state index in [2.05, 4.69) is 62.7 Å². The van der Waals surface area contributed by atoms with E-state index in [0.717, 1.165) is 42.1 Å². The van der Waals surface area contributed by atoms with Crippen LogP contribution in [0, 0.1) is 6.92 Å². The molecule has 1 aromatic carbocycles. The summed E-state index contributed by atoms with van der Waals surface area (Å²) in [5.41, 5.74) is 6.18. The summed E-state index contributed by atoms with van der Waals surface area (Å²) in [7, 11) is 2.09. The number of hydrogen-bond acceptors (Lipinski definition) is 2. The van der Waals surface area contributed by atoms with Crippen LogP contribution >= 0.6 is 0 Å². The first-order valence-electron chi connectivity index (χ1n) is 10.3. The Hall–Kier alpha value is -2.55. The maximum absolute atomic E-state index is 6.06. The molecule has 2 aromatic rings. The van der Waals surface area contributed by atoms with Crippen LogP contribution < -0.4 is 4.74 Å². The van der Waals surface area contributed by atoms with E-state index in [4.69, 9.17) is 9.72 Å². The Morgan fingerprint density at radius 2 is 1.86 bits per heavy atom. The zero-order valence-corrected chi connectivity index (χ0v) is 18.2. The lowest BCUT2D eigenvalue weighted by molar-refractivity contribution is 0.318. The highest BCUT2D eigenvalue weighted by atomic mass is 16.5. The second-order valence-corrected chi connectivity index (χ2v) is 6.91. The van der Waals surface area contributed by atoms with Gasteiger partial charge in [0.25, 0.3) is 0 Å². The Bertz CT molecular complexity index is 869. The van der Waals surface area contributed by atoms with Gasteiger partial charge in [0.05, 0.1) is 12.3 Å². The molecule has 3 heteroatoms. The molecule has 3 nitrogen and oxygen atoms in total. The van der Waals surface area contributed by atoms with E-state index >= 15 is 0 Å². The van der Waals surface area contributed by atoms with E-state index in [1.807, 2.05) is 32.1 Å². The highest BCUT2D eigenvalue weighted by Crippen LogP contribution is 2.22. The van der Waals surface area contributed by atoms with E-state index in [9.17, 15) is 0 Å². The third-order valence-electron chi connectivity index (χ3n) is 5.03. The van der Waals surface area contributed by atoms with Crippen LogP contribution in [0.2, 0.25) is 0 Å². The Kier molecular flexibility index (Phi) is 8.31. The van der Waals surface area contributed by atoms with Crippen molar-refractivity contribution in [2.45, 2.75) is 53.9 Å². The summed E-state index contributed by atoms with van der Waals surface area (Å²) in [5, 5.41) is 0. The summed E-state index contributed by atoms with van der Waals surface area (Å²) in [5.74, 6) is 1.95. The molecule has 0 spiro atoms. The molecule has 150 valence electrons. The molecule has 0 aliphatic carbocycles. The van der Waals surface area contributed by atoms with Gasteiger partial charge in [-0.2, -0.15) is 0 Å². The fraction of sp³-hybridized carbons (Fsp3) is 0.400. The monoisotopic (exact) mass is 378 g/mol. The second kappa shape index (κ2) is 10.7. The van der Waals surface area contributed by atoms with Crippen LogP contribution in [0.25, 0.3) is 5.57 Å². The van der Waals surface area contributed by atoms with E-state index in [1.54, 1.807) is 0 Å². The lowest BCUT2D eigenvalue weighted by Crippen LogP contribution is -2.08. The molecule has 0 atom stereocenters. The molecule has 0 unspecified atom stereocenters. The molecule has 0 aliphatic heterocycles. The summed E-state index contributed by atoms with van der Waals surface area (Å²) < 4.78 is 8.25. The van der Waals surface area contributed by atoms with Gasteiger partial charge in [-0.1, -0.05) is 50.3 Å². The number of benzene rings is 1. The quantitative estimate of drug-likeness (QED) is 0.500. The molecule has 0 N–H and O–H groups in total. The van der Waals surface area contributed by atoms with Crippen molar-refractivity contribution in [1.29, 1.82) is 0 Å². The molecule has 28 heavy (non-hydrogen) atoms. The van der Waals surface area contributed by atoms with E-state index in [1.165, 1.54) is 16.8 Å². The lowest BCUT2D eigenvalue weighted by Gasteiger charge is -2.12. The summed E-state index contributed by atoms with van der Waals surface area (Å²) in [6.45, 7) is 11.2. The van der Waals surface area contributed by atoms with Gasteiger partial charge in [0.2, 0.25) is 0 Å². The molecule has 1 aromatic heterocycles. The Morgan fingerprint density at radius 1 is 1.11 bits per heavy atom. The zero-order chi connectivity index (χ0) is 20.5. The molecule has 0 bridgehead atoms. The van der Waals surface area contributed by atoms with Crippen molar-refractivity contribution in [2.24, 2.45) is 7.05 Å².